The molecule has 11 heteroatoms. The van der Waals surface area contributed by atoms with Crippen molar-refractivity contribution in [3.8, 4) is 10.7 Å². The molecule has 2 aromatic heterocycles. The summed E-state index contributed by atoms with van der Waals surface area (Å²) in [6.45, 7) is 1.45. The summed E-state index contributed by atoms with van der Waals surface area (Å²) in [5, 5.41) is 5.78. The minimum atomic E-state index is -4.04. The van der Waals surface area contributed by atoms with Gasteiger partial charge in [-0.05, 0) is 30.5 Å². The van der Waals surface area contributed by atoms with E-state index in [2.05, 4.69) is 10.1 Å². The smallest absolute Gasteiger partial charge is 0.269 e. The molecule has 1 aliphatic heterocycles. The van der Waals surface area contributed by atoms with Gasteiger partial charge in [-0.15, -0.1) is 11.3 Å². The lowest BCUT2D eigenvalue weighted by Crippen LogP contribution is -2.42. The van der Waals surface area contributed by atoms with Crippen LogP contribution in [0.2, 0.25) is 0 Å². The fourth-order valence-corrected chi connectivity index (χ4v) is 5.14. The van der Waals surface area contributed by atoms with Crippen LogP contribution in [0.4, 0.5) is 0 Å². The lowest BCUT2D eigenvalue weighted by Gasteiger charge is -2.22. The molecule has 150 valence electrons. The standard InChI is InChI=1S/C18H16N4O5S2/c1-2-21(10-15-19-17(20-27-15)13-7-5-9-28-13)16(23)11-22-18(24)12-6-3-4-8-14(12)29(22,25)26/h3-9H,2,10-11H2,1H3. The van der Waals surface area contributed by atoms with Crippen LogP contribution in [0.3, 0.4) is 0 Å². The maximum Gasteiger partial charge on any atom is 0.269 e. The molecule has 0 spiro atoms. The molecule has 1 aromatic carbocycles. The van der Waals surface area contributed by atoms with Gasteiger partial charge < -0.3 is 9.42 Å². The number of rotatable bonds is 6. The zero-order valence-electron chi connectivity index (χ0n) is 15.3. The molecular weight excluding hydrogens is 416 g/mol. The van der Waals surface area contributed by atoms with Crippen molar-refractivity contribution in [2.45, 2.75) is 18.4 Å². The van der Waals surface area contributed by atoms with Gasteiger partial charge in [-0.1, -0.05) is 23.4 Å². The maximum absolute atomic E-state index is 12.7. The average molecular weight is 432 g/mol. The van der Waals surface area contributed by atoms with Crippen LogP contribution in [-0.4, -0.2) is 52.7 Å². The van der Waals surface area contributed by atoms with Crippen LogP contribution in [0.25, 0.3) is 10.7 Å². The summed E-state index contributed by atoms with van der Waals surface area (Å²) < 4.78 is 31.1. The van der Waals surface area contributed by atoms with Crippen molar-refractivity contribution in [3.05, 3.63) is 53.2 Å². The highest BCUT2D eigenvalue weighted by Crippen LogP contribution is 2.29. The predicted molar refractivity (Wildman–Crippen MR) is 103 cm³/mol. The van der Waals surface area contributed by atoms with Crippen molar-refractivity contribution in [1.82, 2.24) is 19.3 Å². The van der Waals surface area contributed by atoms with E-state index in [1.165, 1.54) is 34.4 Å². The third kappa shape index (κ3) is 3.42. The van der Waals surface area contributed by atoms with Crippen LogP contribution in [0.1, 0.15) is 23.2 Å². The first-order chi connectivity index (χ1) is 13.9. The number of thiophene rings is 1. The molecule has 0 unspecified atom stereocenters. The molecule has 1 aliphatic rings. The number of sulfonamides is 1. The van der Waals surface area contributed by atoms with Crippen LogP contribution >= 0.6 is 11.3 Å². The summed E-state index contributed by atoms with van der Waals surface area (Å²) in [6, 6.07) is 9.62. The maximum atomic E-state index is 12.7. The summed E-state index contributed by atoms with van der Waals surface area (Å²) >= 11 is 1.46. The first-order valence-corrected chi connectivity index (χ1v) is 11.0. The molecule has 0 bridgehead atoms. The van der Waals surface area contributed by atoms with E-state index in [1.54, 1.807) is 13.0 Å². The van der Waals surface area contributed by atoms with E-state index in [0.717, 1.165) is 4.88 Å². The van der Waals surface area contributed by atoms with Crippen LogP contribution in [0, 0.1) is 0 Å². The fraction of sp³-hybridized carbons (Fsp3) is 0.222. The molecule has 9 nitrogen and oxygen atoms in total. The number of hydrogen-bond acceptors (Lipinski definition) is 8. The molecular formula is C18H16N4O5S2. The summed E-state index contributed by atoms with van der Waals surface area (Å²) in [6.07, 6.45) is 0. The Labute approximate surface area is 170 Å². The van der Waals surface area contributed by atoms with E-state index in [0.29, 0.717) is 10.1 Å². The second-order valence-electron chi connectivity index (χ2n) is 6.21. The van der Waals surface area contributed by atoms with Gasteiger partial charge in [0.25, 0.3) is 15.9 Å². The summed E-state index contributed by atoms with van der Waals surface area (Å²) in [5.74, 6) is -0.593. The number of benzene rings is 1. The van der Waals surface area contributed by atoms with Crippen molar-refractivity contribution in [2.75, 3.05) is 13.1 Å². The average Bonchev–Trinajstić information content (AvgIpc) is 3.43. The highest BCUT2D eigenvalue weighted by atomic mass is 32.2. The largest absolute Gasteiger partial charge is 0.337 e. The number of nitrogens with zero attached hydrogens (tertiary/aromatic N) is 4. The second-order valence-corrected chi connectivity index (χ2v) is 8.99. The van der Waals surface area contributed by atoms with Crippen LogP contribution in [0.15, 0.2) is 51.2 Å². The van der Waals surface area contributed by atoms with Crippen molar-refractivity contribution in [1.29, 1.82) is 0 Å². The van der Waals surface area contributed by atoms with Gasteiger partial charge >= 0.3 is 0 Å². The number of carbonyl (C=O) groups excluding carboxylic acids is 2. The van der Waals surface area contributed by atoms with Gasteiger partial charge in [0.05, 0.1) is 10.4 Å². The highest BCUT2D eigenvalue weighted by Gasteiger charge is 2.42. The molecule has 0 saturated heterocycles. The zero-order valence-corrected chi connectivity index (χ0v) is 16.9. The highest BCUT2D eigenvalue weighted by molar-refractivity contribution is 7.90. The summed E-state index contributed by atoms with van der Waals surface area (Å²) in [4.78, 5) is 31.6. The molecule has 3 heterocycles. The quantitative estimate of drug-likeness (QED) is 0.585. The van der Waals surface area contributed by atoms with Gasteiger partial charge in [-0.3, -0.25) is 9.59 Å². The van der Waals surface area contributed by atoms with E-state index in [-0.39, 0.29) is 29.4 Å². The minimum Gasteiger partial charge on any atom is -0.337 e. The van der Waals surface area contributed by atoms with Crippen molar-refractivity contribution >= 4 is 33.2 Å². The number of carbonyl (C=O) groups is 2. The number of hydrogen-bond donors (Lipinski definition) is 0. The Morgan fingerprint density at radius 1 is 1.24 bits per heavy atom. The van der Waals surface area contributed by atoms with Gasteiger partial charge in [0.2, 0.25) is 17.6 Å². The van der Waals surface area contributed by atoms with Crippen LogP contribution < -0.4 is 0 Å². The van der Waals surface area contributed by atoms with Crippen molar-refractivity contribution in [3.63, 3.8) is 0 Å². The first-order valence-electron chi connectivity index (χ1n) is 8.72. The van der Waals surface area contributed by atoms with Crippen molar-refractivity contribution in [2.24, 2.45) is 0 Å². The molecule has 0 saturated carbocycles. The molecule has 0 aliphatic carbocycles. The topological polar surface area (TPSA) is 114 Å². The lowest BCUT2D eigenvalue weighted by molar-refractivity contribution is -0.131. The number of aromatic nitrogens is 2. The molecule has 29 heavy (non-hydrogen) atoms. The Hall–Kier alpha value is -3.05. The van der Waals surface area contributed by atoms with Crippen molar-refractivity contribution < 1.29 is 22.5 Å². The zero-order chi connectivity index (χ0) is 20.6. The normalized spacial score (nSPS) is 14.8. The molecule has 3 aromatic rings. The first kappa shape index (κ1) is 19.3. The Kier molecular flexibility index (Phi) is 4.92. The SMILES string of the molecule is CCN(Cc1nc(-c2cccs2)no1)C(=O)CN1C(=O)c2ccccc2S1(=O)=O. The number of amides is 2. The van der Waals surface area contributed by atoms with E-state index in [9.17, 15) is 18.0 Å². The van der Waals surface area contributed by atoms with Crippen LogP contribution in [-0.2, 0) is 21.4 Å². The van der Waals surface area contributed by atoms with E-state index in [1.807, 2.05) is 17.5 Å². The summed E-state index contributed by atoms with van der Waals surface area (Å²) in [7, 11) is -4.04. The molecule has 0 radical (unpaired) electrons. The number of likely N-dealkylation sites (N-methyl/N-ethyl adjacent to an activating group) is 1. The Morgan fingerprint density at radius 3 is 2.72 bits per heavy atom. The third-order valence-corrected chi connectivity index (χ3v) is 7.11. The van der Waals surface area contributed by atoms with Gasteiger partial charge in [0, 0.05) is 6.54 Å². The Balaban J connectivity index is 1.50. The molecule has 0 atom stereocenters. The predicted octanol–water partition coefficient (Wildman–Crippen LogP) is 1.99. The minimum absolute atomic E-state index is 0.0166. The second kappa shape index (κ2) is 7.41. The van der Waals surface area contributed by atoms with Gasteiger partial charge in [0.15, 0.2) is 0 Å². The van der Waals surface area contributed by atoms with Gasteiger partial charge in [0.1, 0.15) is 18.0 Å². The number of fused-ring (bicyclic) bond motifs is 1. The summed E-state index contributed by atoms with van der Waals surface area (Å²) in [5.41, 5.74) is 0.0702. The fourth-order valence-electron chi connectivity index (χ4n) is 2.97. The third-order valence-electron chi connectivity index (χ3n) is 4.46. The Morgan fingerprint density at radius 2 is 2.03 bits per heavy atom. The van der Waals surface area contributed by atoms with Gasteiger partial charge in [-0.25, -0.2) is 12.7 Å². The molecule has 2 amide bonds. The van der Waals surface area contributed by atoms with E-state index in [4.69, 9.17) is 4.52 Å². The molecule has 0 N–H and O–H groups in total. The molecule has 0 fully saturated rings. The lowest BCUT2D eigenvalue weighted by atomic mass is 10.2. The Bertz CT molecular complexity index is 1170. The van der Waals surface area contributed by atoms with E-state index < -0.39 is 28.4 Å². The monoisotopic (exact) mass is 432 g/mol. The van der Waals surface area contributed by atoms with E-state index >= 15 is 0 Å². The molecule has 4 rings (SSSR count). The van der Waals surface area contributed by atoms with Gasteiger partial charge in [-0.2, -0.15) is 4.98 Å². The van der Waals surface area contributed by atoms with Crippen LogP contribution in [0.5, 0.6) is 0 Å².